The number of halogens is 1. The topological polar surface area (TPSA) is 66.4 Å². The molecule has 1 aromatic carbocycles. The van der Waals surface area contributed by atoms with Gasteiger partial charge in [0, 0.05) is 16.9 Å². The second-order valence-electron chi connectivity index (χ2n) is 4.49. The van der Waals surface area contributed by atoms with E-state index >= 15 is 0 Å². The Morgan fingerprint density at radius 1 is 1.40 bits per heavy atom. The fraction of sp³-hybridized carbons (Fsp3) is 0.333. The summed E-state index contributed by atoms with van der Waals surface area (Å²) in [6.07, 6.45) is 2.96. The second-order valence-corrected chi connectivity index (χ2v) is 5.34. The van der Waals surface area contributed by atoms with E-state index in [-0.39, 0.29) is 12.3 Å². The first-order valence-electron chi connectivity index (χ1n) is 6.38. The number of rotatable bonds is 8. The molecule has 0 saturated carbocycles. The molecule has 4 nitrogen and oxygen atoms in total. The van der Waals surface area contributed by atoms with E-state index in [0.717, 1.165) is 10.0 Å². The van der Waals surface area contributed by atoms with Crippen LogP contribution in [0.25, 0.3) is 0 Å². The zero-order valence-corrected chi connectivity index (χ0v) is 12.7. The van der Waals surface area contributed by atoms with E-state index in [0.29, 0.717) is 19.3 Å². The van der Waals surface area contributed by atoms with Gasteiger partial charge in [0.1, 0.15) is 0 Å². The Hall–Kier alpha value is -1.62. The van der Waals surface area contributed by atoms with E-state index in [1.165, 1.54) is 0 Å². The number of carboxylic acid groups (broad SMARTS) is 1. The van der Waals surface area contributed by atoms with Gasteiger partial charge >= 0.3 is 5.97 Å². The van der Waals surface area contributed by atoms with Crippen molar-refractivity contribution in [2.45, 2.75) is 31.7 Å². The Morgan fingerprint density at radius 3 is 2.70 bits per heavy atom. The average molecular weight is 340 g/mol. The maximum Gasteiger partial charge on any atom is 0.305 e. The molecule has 108 valence electrons. The van der Waals surface area contributed by atoms with Crippen LogP contribution in [0.4, 0.5) is 0 Å². The number of carbonyl (C=O) groups is 2. The number of hydrogen-bond donors (Lipinski definition) is 2. The average Bonchev–Trinajstić information content (AvgIpc) is 2.38. The van der Waals surface area contributed by atoms with Crippen LogP contribution in [0.1, 0.15) is 24.8 Å². The van der Waals surface area contributed by atoms with Gasteiger partial charge in [-0.2, -0.15) is 0 Å². The van der Waals surface area contributed by atoms with Crippen LogP contribution in [0.15, 0.2) is 41.4 Å². The highest BCUT2D eigenvalue weighted by Crippen LogP contribution is 2.18. The van der Waals surface area contributed by atoms with Crippen LogP contribution in [0.5, 0.6) is 0 Å². The zero-order valence-electron chi connectivity index (χ0n) is 11.1. The highest BCUT2D eigenvalue weighted by Gasteiger charge is 2.17. The molecule has 0 aromatic heterocycles. The summed E-state index contributed by atoms with van der Waals surface area (Å²) in [5, 5.41) is 11.7. The lowest BCUT2D eigenvalue weighted by Crippen LogP contribution is -2.38. The number of aliphatic carboxylic acids is 1. The predicted molar refractivity (Wildman–Crippen MR) is 81.5 cm³/mol. The number of nitrogens with one attached hydrogen (secondary N) is 1. The molecule has 0 heterocycles. The number of carboxylic acids is 1. The molecule has 20 heavy (non-hydrogen) atoms. The summed E-state index contributed by atoms with van der Waals surface area (Å²) in [7, 11) is 0. The first kappa shape index (κ1) is 16.4. The molecule has 0 bridgehead atoms. The van der Waals surface area contributed by atoms with Crippen LogP contribution >= 0.6 is 15.9 Å². The number of amides is 1. The monoisotopic (exact) mass is 339 g/mol. The molecule has 1 rings (SSSR count). The maximum absolute atomic E-state index is 11.7. The number of allylic oxidation sites excluding steroid dienone is 1. The minimum Gasteiger partial charge on any atom is -0.481 e. The van der Waals surface area contributed by atoms with Crippen molar-refractivity contribution in [2.24, 2.45) is 0 Å². The van der Waals surface area contributed by atoms with Gasteiger partial charge in [-0.1, -0.05) is 40.2 Å². The van der Waals surface area contributed by atoms with Gasteiger partial charge in [-0.3, -0.25) is 9.59 Å². The van der Waals surface area contributed by atoms with Crippen LogP contribution in [-0.4, -0.2) is 23.0 Å². The van der Waals surface area contributed by atoms with Crippen molar-refractivity contribution in [1.29, 1.82) is 0 Å². The first-order chi connectivity index (χ1) is 9.52. The molecule has 0 fully saturated rings. The van der Waals surface area contributed by atoms with Crippen LogP contribution in [0.2, 0.25) is 0 Å². The highest BCUT2D eigenvalue weighted by atomic mass is 79.9. The van der Waals surface area contributed by atoms with E-state index in [1.807, 2.05) is 24.3 Å². The standard InChI is InChI=1S/C15H18BrNO3/c1-2-3-8-14(18)17-12(10-15(19)20)9-11-6-4-5-7-13(11)16/h2,4-7,12H,1,3,8-10H2,(H,17,18)(H,19,20)/t12-/m0/s1. The van der Waals surface area contributed by atoms with Crippen molar-refractivity contribution in [2.75, 3.05) is 0 Å². The van der Waals surface area contributed by atoms with Crippen molar-refractivity contribution in [3.05, 3.63) is 47.0 Å². The third kappa shape index (κ3) is 6.02. The molecular weight excluding hydrogens is 322 g/mol. The van der Waals surface area contributed by atoms with Gasteiger partial charge in [-0.05, 0) is 24.5 Å². The molecule has 0 radical (unpaired) electrons. The van der Waals surface area contributed by atoms with E-state index in [1.54, 1.807) is 6.08 Å². The van der Waals surface area contributed by atoms with E-state index < -0.39 is 12.0 Å². The molecule has 1 amide bonds. The number of hydrogen-bond acceptors (Lipinski definition) is 2. The third-order valence-electron chi connectivity index (χ3n) is 2.79. The van der Waals surface area contributed by atoms with Crippen molar-refractivity contribution < 1.29 is 14.7 Å². The largest absolute Gasteiger partial charge is 0.481 e. The predicted octanol–water partition coefficient (Wildman–Crippen LogP) is 2.92. The van der Waals surface area contributed by atoms with Crippen LogP contribution < -0.4 is 5.32 Å². The van der Waals surface area contributed by atoms with Crippen LogP contribution in [0, 0.1) is 0 Å². The Labute approximate surface area is 127 Å². The number of benzene rings is 1. The minimum absolute atomic E-state index is 0.0961. The molecular formula is C15H18BrNO3. The van der Waals surface area contributed by atoms with Crippen molar-refractivity contribution >= 4 is 27.8 Å². The van der Waals surface area contributed by atoms with E-state index in [9.17, 15) is 9.59 Å². The summed E-state index contributed by atoms with van der Waals surface area (Å²) in [5.41, 5.74) is 0.975. The molecule has 0 aliphatic carbocycles. The molecule has 1 atom stereocenters. The lowest BCUT2D eigenvalue weighted by molar-refractivity contribution is -0.137. The summed E-state index contributed by atoms with van der Waals surface area (Å²) in [4.78, 5) is 22.6. The smallest absolute Gasteiger partial charge is 0.305 e. The van der Waals surface area contributed by atoms with Gasteiger partial charge in [0.05, 0.1) is 6.42 Å². The van der Waals surface area contributed by atoms with Gasteiger partial charge in [-0.15, -0.1) is 6.58 Å². The van der Waals surface area contributed by atoms with Gasteiger partial charge in [-0.25, -0.2) is 0 Å². The summed E-state index contributed by atoms with van der Waals surface area (Å²) in [6.45, 7) is 3.56. The fourth-order valence-corrected chi connectivity index (χ4v) is 2.29. The van der Waals surface area contributed by atoms with E-state index in [2.05, 4.69) is 27.8 Å². The Balaban J connectivity index is 2.69. The normalized spacial score (nSPS) is 11.7. The molecule has 0 spiro atoms. The van der Waals surface area contributed by atoms with Crippen molar-refractivity contribution in [3.63, 3.8) is 0 Å². The zero-order chi connectivity index (χ0) is 15.0. The molecule has 0 aliphatic heterocycles. The second kappa shape index (κ2) is 8.53. The van der Waals surface area contributed by atoms with Gasteiger partial charge in [0.15, 0.2) is 0 Å². The maximum atomic E-state index is 11.7. The SMILES string of the molecule is C=CCCC(=O)N[C@H](CC(=O)O)Cc1ccccc1Br. The molecule has 1 aromatic rings. The summed E-state index contributed by atoms with van der Waals surface area (Å²) >= 11 is 3.43. The lowest BCUT2D eigenvalue weighted by atomic mass is 10.0. The molecule has 0 unspecified atom stereocenters. The van der Waals surface area contributed by atoms with Crippen LogP contribution in [0.3, 0.4) is 0 Å². The van der Waals surface area contributed by atoms with Gasteiger partial charge in [0.25, 0.3) is 0 Å². The molecule has 0 aliphatic rings. The first-order valence-corrected chi connectivity index (χ1v) is 7.17. The third-order valence-corrected chi connectivity index (χ3v) is 3.56. The number of carbonyl (C=O) groups excluding carboxylic acids is 1. The fourth-order valence-electron chi connectivity index (χ4n) is 1.85. The molecule has 0 saturated heterocycles. The van der Waals surface area contributed by atoms with Gasteiger partial charge in [0.2, 0.25) is 5.91 Å². The lowest BCUT2D eigenvalue weighted by Gasteiger charge is -2.17. The summed E-state index contributed by atoms with van der Waals surface area (Å²) < 4.78 is 0.913. The van der Waals surface area contributed by atoms with Crippen molar-refractivity contribution in [1.82, 2.24) is 5.32 Å². The van der Waals surface area contributed by atoms with Crippen molar-refractivity contribution in [3.8, 4) is 0 Å². The van der Waals surface area contributed by atoms with E-state index in [4.69, 9.17) is 5.11 Å². The van der Waals surface area contributed by atoms with Crippen LogP contribution in [-0.2, 0) is 16.0 Å². The summed E-state index contributed by atoms with van der Waals surface area (Å²) in [6, 6.07) is 7.17. The van der Waals surface area contributed by atoms with Gasteiger partial charge < -0.3 is 10.4 Å². The summed E-state index contributed by atoms with van der Waals surface area (Å²) in [5.74, 6) is -1.07. The molecule has 2 N–H and O–H groups in total. The highest BCUT2D eigenvalue weighted by molar-refractivity contribution is 9.10. The molecule has 5 heteroatoms. The minimum atomic E-state index is -0.925. The Bertz CT molecular complexity index is 488. The quantitative estimate of drug-likeness (QED) is 0.715. The Morgan fingerprint density at radius 2 is 2.10 bits per heavy atom. The Kier molecular flexibility index (Phi) is 7.01.